The van der Waals surface area contributed by atoms with Gasteiger partial charge >= 0.3 is 6.18 Å². The first-order chi connectivity index (χ1) is 15.1. The molecule has 1 aromatic carbocycles. The number of nitrogens with two attached hydrogens (primary N) is 1. The highest BCUT2D eigenvalue weighted by Crippen LogP contribution is 2.41. The van der Waals surface area contributed by atoms with Crippen LogP contribution in [0.2, 0.25) is 0 Å². The molecule has 1 aliphatic rings. The van der Waals surface area contributed by atoms with Crippen LogP contribution in [0.5, 0.6) is 0 Å². The van der Waals surface area contributed by atoms with Crippen molar-refractivity contribution >= 4 is 11.8 Å². The molecule has 0 saturated carbocycles. The zero-order chi connectivity index (χ0) is 23.1. The van der Waals surface area contributed by atoms with Crippen LogP contribution in [0.25, 0.3) is 22.7 Å². The summed E-state index contributed by atoms with van der Waals surface area (Å²) in [6, 6.07) is 4.84. The van der Waals surface area contributed by atoms with Crippen molar-refractivity contribution in [2.75, 3.05) is 12.4 Å². The van der Waals surface area contributed by atoms with Crippen molar-refractivity contribution in [1.29, 1.82) is 0 Å². The maximum atomic E-state index is 14.7. The maximum absolute atomic E-state index is 14.7. The summed E-state index contributed by atoms with van der Waals surface area (Å²) >= 11 is 0. The van der Waals surface area contributed by atoms with Crippen molar-refractivity contribution < 1.29 is 26.8 Å². The second kappa shape index (κ2) is 7.77. The highest BCUT2D eigenvalue weighted by Gasteiger charge is 2.50. The van der Waals surface area contributed by atoms with E-state index in [2.05, 4.69) is 30.2 Å². The molecule has 8 nitrogen and oxygen atoms in total. The van der Waals surface area contributed by atoms with Crippen molar-refractivity contribution in [1.82, 2.24) is 15.1 Å². The maximum Gasteiger partial charge on any atom is 0.425 e. The van der Waals surface area contributed by atoms with Gasteiger partial charge in [-0.15, -0.1) is 0 Å². The number of amidine groups is 1. The third kappa shape index (κ3) is 4.07. The number of hydrogen-bond donors (Lipinski definition) is 2. The lowest BCUT2D eigenvalue weighted by Gasteiger charge is -2.36. The number of benzene rings is 1. The van der Waals surface area contributed by atoms with Crippen molar-refractivity contribution in [2.24, 2.45) is 10.7 Å². The fraction of sp³-hybridized carbons (Fsp3) is 0.300. The topological polar surface area (TPSA) is 111 Å². The summed E-state index contributed by atoms with van der Waals surface area (Å²) in [4.78, 5) is 12.3. The van der Waals surface area contributed by atoms with E-state index < -0.39 is 36.1 Å². The van der Waals surface area contributed by atoms with Crippen molar-refractivity contribution in [3.05, 3.63) is 48.0 Å². The monoisotopic (exact) mass is 450 g/mol. The van der Waals surface area contributed by atoms with Crippen molar-refractivity contribution in [2.45, 2.75) is 31.2 Å². The third-order valence-corrected chi connectivity index (χ3v) is 5.08. The lowest BCUT2D eigenvalue weighted by atomic mass is 9.84. The zero-order valence-electron chi connectivity index (χ0n) is 16.9. The van der Waals surface area contributed by atoms with Crippen LogP contribution < -0.4 is 11.1 Å². The molecule has 3 N–H and O–H groups in total. The number of nitrogens with one attached hydrogen (secondary N) is 1. The van der Waals surface area contributed by atoms with E-state index in [1.165, 1.54) is 31.5 Å². The van der Waals surface area contributed by atoms with E-state index in [1.807, 2.05) is 0 Å². The Balaban J connectivity index is 1.69. The minimum Gasteiger partial charge on any atom is -0.452 e. The molecule has 168 valence electrons. The summed E-state index contributed by atoms with van der Waals surface area (Å²) in [5, 5.41) is 6.80. The van der Waals surface area contributed by atoms with Crippen LogP contribution in [-0.2, 0) is 10.3 Å². The Morgan fingerprint density at radius 2 is 1.94 bits per heavy atom. The van der Waals surface area contributed by atoms with Gasteiger partial charge in [0.1, 0.15) is 23.0 Å². The molecule has 1 unspecified atom stereocenters. The minimum absolute atomic E-state index is 0.0772. The molecule has 32 heavy (non-hydrogen) atoms. The lowest BCUT2D eigenvalue weighted by molar-refractivity contribution is -0.208. The lowest BCUT2D eigenvalue weighted by Crippen LogP contribution is -2.46. The molecule has 1 aliphatic heterocycles. The molecule has 2 atom stereocenters. The highest BCUT2D eigenvalue weighted by atomic mass is 19.4. The van der Waals surface area contributed by atoms with Crippen LogP contribution in [0, 0.1) is 5.82 Å². The normalized spacial score (nSPS) is 21.1. The van der Waals surface area contributed by atoms with Gasteiger partial charge in [-0.1, -0.05) is 5.16 Å². The molecule has 0 radical (unpaired) electrons. The second-order valence-electron chi connectivity index (χ2n) is 7.38. The van der Waals surface area contributed by atoms with Gasteiger partial charge in [-0.2, -0.15) is 13.2 Å². The van der Waals surface area contributed by atoms with Gasteiger partial charge in [-0.3, -0.25) is 0 Å². The van der Waals surface area contributed by atoms with E-state index in [9.17, 15) is 17.6 Å². The number of rotatable bonds is 4. The number of aliphatic imine (C=N–C) groups is 1. The van der Waals surface area contributed by atoms with Gasteiger partial charge in [0, 0.05) is 30.7 Å². The van der Waals surface area contributed by atoms with Gasteiger partial charge < -0.3 is 20.3 Å². The molecular weight excluding hydrogens is 432 g/mol. The summed E-state index contributed by atoms with van der Waals surface area (Å²) in [5.74, 6) is 0.104. The molecular formula is C20H18F4N6O2. The van der Waals surface area contributed by atoms with Crippen molar-refractivity contribution in [3.63, 3.8) is 0 Å². The number of aromatic nitrogens is 3. The number of hydrogen-bond acceptors (Lipinski definition) is 8. The standard InChI is InChI=1S/C20H18F4N6O2/c1-19(7-16(20(22,23)24)31-18(25)29-19)11-5-10(3-4-12(11)21)15-6-13(30-32-15)14-8-28-17(26-2)9-27-14/h3-6,8-9,16H,7H2,1-2H3,(H2,25,29)(H,26,28)/t16-,19?/m0/s1. The Morgan fingerprint density at radius 1 is 1.16 bits per heavy atom. The number of ether oxygens (including phenoxy) is 1. The van der Waals surface area contributed by atoms with Gasteiger partial charge in [0.25, 0.3) is 6.02 Å². The number of halogens is 4. The summed E-state index contributed by atoms with van der Waals surface area (Å²) in [5.41, 5.74) is 5.03. The zero-order valence-corrected chi connectivity index (χ0v) is 16.9. The Hall–Kier alpha value is -3.70. The van der Waals surface area contributed by atoms with Crippen LogP contribution in [0.4, 0.5) is 23.4 Å². The molecule has 2 aromatic heterocycles. The van der Waals surface area contributed by atoms with E-state index in [0.717, 1.165) is 6.07 Å². The highest BCUT2D eigenvalue weighted by molar-refractivity contribution is 5.73. The van der Waals surface area contributed by atoms with E-state index >= 15 is 0 Å². The van der Waals surface area contributed by atoms with Crippen LogP contribution in [0.3, 0.4) is 0 Å². The molecule has 4 rings (SSSR count). The van der Waals surface area contributed by atoms with Crippen LogP contribution in [0.1, 0.15) is 18.9 Å². The minimum atomic E-state index is -4.68. The van der Waals surface area contributed by atoms with Gasteiger partial charge in [-0.25, -0.2) is 19.4 Å². The van der Waals surface area contributed by atoms with Gasteiger partial charge in [0.15, 0.2) is 11.9 Å². The fourth-order valence-electron chi connectivity index (χ4n) is 3.43. The first-order valence-corrected chi connectivity index (χ1v) is 9.45. The molecule has 0 aliphatic carbocycles. The van der Waals surface area contributed by atoms with E-state index in [0.29, 0.717) is 22.8 Å². The average molecular weight is 450 g/mol. The van der Waals surface area contributed by atoms with Gasteiger partial charge in [0.05, 0.1) is 17.9 Å². The Bertz CT molecular complexity index is 1160. The Kier molecular flexibility index (Phi) is 5.23. The predicted molar refractivity (Wildman–Crippen MR) is 107 cm³/mol. The summed E-state index contributed by atoms with van der Waals surface area (Å²) < 4.78 is 64.5. The first kappa shape index (κ1) is 21.5. The molecule has 0 amide bonds. The molecule has 3 aromatic rings. The summed E-state index contributed by atoms with van der Waals surface area (Å²) in [6.07, 6.45) is -4.50. The summed E-state index contributed by atoms with van der Waals surface area (Å²) in [7, 11) is 1.71. The summed E-state index contributed by atoms with van der Waals surface area (Å²) in [6.45, 7) is 1.37. The number of anilines is 1. The van der Waals surface area contributed by atoms with E-state index in [1.54, 1.807) is 13.1 Å². The van der Waals surface area contributed by atoms with Crippen molar-refractivity contribution in [3.8, 4) is 22.7 Å². The molecule has 3 heterocycles. The predicted octanol–water partition coefficient (Wildman–Crippen LogP) is 3.86. The number of alkyl halides is 3. The smallest absolute Gasteiger partial charge is 0.425 e. The van der Waals surface area contributed by atoms with Gasteiger partial charge in [-0.05, 0) is 25.1 Å². The number of nitrogens with zero attached hydrogens (tertiary/aromatic N) is 4. The van der Waals surface area contributed by atoms with E-state index in [4.69, 9.17) is 10.3 Å². The second-order valence-corrected chi connectivity index (χ2v) is 7.38. The van der Waals surface area contributed by atoms with E-state index in [-0.39, 0.29) is 11.3 Å². The first-order valence-electron chi connectivity index (χ1n) is 9.45. The molecule has 0 bridgehead atoms. The fourth-order valence-corrected chi connectivity index (χ4v) is 3.43. The Labute approximate surface area is 179 Å². The largest absolute Gasteiger partial charge is 0.452 e. The molecule has 0 fully saturated rings. The van der Waals surface area contributed by atoms with Crippen LogP contribution in [0.15, 0.2) is 46.2 Å². The van der Waals surface area contributed by atoms with Gasteiger partial charge in [0.2, 0.25) is 0 Å². The molecule has 0 spiro atoms. The molecule has 12 heteroatoms. The average Bonchev–Trinajstić information content (AvgIpc) is 3.23. The quantitative estimate of drug-likeness (QED) is 0.581. The third-order valence-electron chi connectivity index (χ3n) is 5.08. The van der Waals surface area contributed by atoms with Crippen LogP contribution >= 0.6 is 0 Å². The molecule has 0 saturated heterocycles. The van der Waals surface area contributed by atoms with Crippen LogP contribution in [-0.4, -0.2) is 40.5 Å². The Morgan fingerprint density at radius 3 is 2.59 bits per heavy atom. The SMILES string of the molecule is CNc1cnc(-c2cc(-c3ccc(F)c(C4(C)C[C@@H](C(F)(F)F)OC(N)=N4)c3)on2)cn1.